The van der Waals surface area contributed by atoms with Crippen LogP contribution in [-0.2, 0) is 14.3 Å². The molecule has 0 saturated carbocycles. The fourth-order valence-electron chi connectivity index (χ4n) is 0.607. The van der Waals surface area contributed by atoms with E-state index < -0.39 is 0 Å². The second-order valence-corrected chi connectivity index (χ2v) is 4.71. The third-order valence-electron chi connectivity index (χ3n) is 1.55. The fourth-order valence-corrected chi connectivity index (χ4v) is 1.37. The maximum Gasteiger partial charge on any atom is 0.306 e. The second kappa shape index (κ2) is 18.0. The van der Waals surface area contributed by atoms with Gasteiger partial charge in [-0.1, -0.05) is 7.43 Å². The maximum atomic E-state index is 10.4. The molecule has 104 valence electrons. The van der Waals surface area contributed by atoms with Crippen LogP contribution in [0.2, 0.25) is 0 Å². The molecule has 0 bridgehead atoms. The summed E-state index contributed by atoms with van der Waals surface area (Å²) in [6, 6.07) is 0. The van der Waals surface area contributed by atoms with E-state index in [0.29, 0.717) is 12.8 Å². The van der Waals surface area contributed by atoms with Crippen molar-refractivity contribution >= 4 is 35.4 Å². The quantitative estimate of drug-likeness (QED) is 0.756. The molecule has 0 unspecified atom stereocenters. The van der Waals surface area contributed by atoms with Gasteiger partial charge in [0.25, 0.3) is 0 Å². The summed E-state index contributed by atoms with van der Waals surface area (Å²) in [7, 11) is 3.06. The highest BCUT2D eigenvalue weighted by molar-refractivity contribution is 7.98. The Labute approximate surface area is 114 Å². The summed E-state index contributed by atoms with van der Waals surface area (Å²) in [5.41, 5.74) is 0. The molecule has 1 amide bonds. The number of esters is 1. The van der Waals surface area contributed by atoms with Gasteiger partial charge >= 0.3 is 5.97 Å². The van der Waals surface area contributed by atoms with E-state index in [1.807, 2.05) is 12.5 Å². The maximum absolute atomic E-state index is 10.4. The van der Waals surface area contributed by atoms with Crippen LogP contribution in [0.5, 0.6) is 0 Å². The number of carbonyl (C=O) groups excluding carboxylic acids is 2. The zero-order valence-electron chi connectivity index (χ0n) is 10.4. The Balaban J connectivity index is -0.000000218. The lowest BCUT2D eigenvalue weighted by atomic mass is 10.5. The molecule has 17 heavy (non-hydrogen) atoms. The van der Waals surface area contributed by atoms with Gasteiger partial charge < -0.3 is 10.1 Å². The third-order valence-corrected chi connectivity index (χ3v) is 2.77. The lowest BCUT2D eigenvalue weighted by molar-refractivity contribution is -0.140. The Morgan fingerprint density at radius 2 is 1.59 bits per heavy atom. The SMILES string of the molecule is C.CNC(=O)CCSC.COC(=O)CCSC. The molecule has 6 heteroatoms. The lowest BCUT2D eigenvalue weighted by Gasteiger charge is -1.94. The van der Waals surface area contributed by atoms with E-state index in [-0.39, 0.29) is 19.3 Å². The summed E-state index contributed by atoms with van der Waals surface area (Å²) in [5.74, 6) is 1.77. The van der Waals surface area contributed by atoms with E-state index in [1.165, 1.54) is 7.11 Å². The van der Waals surface area contributed by atoms with Crippen molar-refractivity contribution in [3.63, 3.8) is 0 Å². The molecule has 1 N–H and O–H groups in total. The summed E-state index contributed by atoms with van der Waals surface area (Å²) in [6.45, 7) is 0. The van der Waals surface area contributed by atoms with Crippen LogP contribution in [0.1, 0.15) is 20.3 Å². The fraction of sp³-hybridized carbons (Fsp3) is 0.818. The number of ether oxygens (including phenoxy) is 1. The minimum absolute atomic E-state index is 0. The van der Waals surface area contributed by atoms with Gasteiger partial charge in [0.1, 0.15) is 0 Å². The van der Waals surface area contributed by atoms with E-state index in [4.69, 9.17) is 0 Å². The highest BCUT2D eigenvalue weighted by Gasteiger charge is 1.95. The van der Waals surface area contributed by atoms with Crippen LogP contribution in [0.25, 0.3) is 0 Å². The molecular formula is C11H25NO3S2. The Bertz CT molecular complexity index is 170. The van der Waals surface area contributed by atoms with Gasteiger partial charge in [-0.15, -0.1) is 0 Å². The number of thioether (sulfide) groups is 2. The molecule has 0 aliphatic carbocycles. The van der Waals surface area contributed by atoms with Gasteiger partial charge in [0, 0.05) is 25.0 Å². The van der Waals surface area contributed by atoms with Crippen molar-refractivity contribution in [1.82, 2.24) is 5.32 Å². The van der Waals surface area contributed by atoms with Crippen LogP contribution < -0.4 is 5.32 Å². The van der Waals surface area contributed by atoms with Crippen LogP contribution in [0.3, 0.4) is 0 Å². The summed E-state index contributed by atoms with van der Waals surface area (Å²) in [6.07, 6.45) is 5.11. The van der Waals surface area contributed by atoms with E-state index in [0.717, 1.165) is 11.5 Å². The molecule has 0 saturated heterocycles. The van der Waals surface area contributed by atoms with Gasteiger partial charge in [-0.25, -0.2) is 0 Å². The molecule has 0 aliphatic rings. The molecule has 0 aromatic carbocycles. The smallest absolute Gasteiger partial charge is 0.306 e. The van der Waals surface area contributed by atoms with Crippen molar-refractivity contribution in [2.24, 2.45) is 0 Å². The Hall–Kier alpha value is -0.360. The van der Waals surface area contributed by atoms with Gasteiger partial charge in [-0.05, 0) is 12.5 Å². The number of amides is 1. The van der Waals surface area contributed by atoms with Crippen molar-refractivity contribution in [2.75, 3.05) is 38.2 Å². The van der Waals surface area contributed by atoms with Crippen molar-refractivity contribution in [1.29, 1.82) is 0 Å². The molecule has 0 aromatic rings. The molecule has 0 heterocycles. The van der Waals surface area contributed by atoms with Gasteiger partial charge in [-0.3, -0.25) is 9.59 Å². The van der Waals surface area contributed by atoms with Crippen LogP contribution in [-0.4, -0.2) is 50.1 Å². The number of nitrogens with one attached hydrogen (secondary N) is 1. The first-order valence-electron chi connectivity index (χ1n) is 4.87. The van der Waals surface area contributed by atoms with Crippen LogP contribution in [0.4, 0.5) is 0 Å². The van der Waals surface area contributed by atoms with Crippen molar-refractivity contribution in [3.05, 3.63) is 0 Å². The van der Waals surface area contributed by atoms with Crippen LogP contribution in [0.15, 0.2) is 0 Å². The predicted octanol–water partition coefficient (Wildman–Crippen LogP) is 2.03. The molecular weight excluding hydrogens is 258 g/mol. The van der Waals surface area contributed by atoms with Crippen molar-refractivity contribution in [2.45, 2.75) is 20.3 Å². The summed E-state index contributed by atoms with van der Waals surface area (Å²) >= 11 is 3.33. The second-order valence-electron chi connectivity index (χ2n) is 2.73. The van der Waals surface area contributed by atoms with Gasteiger partial charge in [0.05, 0.1) is 13.5 Å². The highest BCUT2D eigenvalue weighted by Crippen LogP contribution is 1.95. The first kappa shape index (κ1) is 21.9. The normalized spacial score (nSPS) is 8.24. The van der Waals surface area contributed by atoms with Crippen molar-refractivity contribution in [3.8, 4) is 0 Å². The van der Waals surface area contributed by atoms with Crippen LogP contribution >= 0.6 is 23.5 Å². The van der Waals surface area contributed by atoms with Gasteiger partial charge in [0.2, 0.25) is 5.91 Å². The van der Waals surface area contributed by atoms with E-state index in [1.54, 1.807) is 30.6 Å². The van der Waals surface area contributed by atoms with E-state index in [2.05, 4.69) is 10.1 Å². The van der Waals surface area contributed by atoms with E-state index >= 15 is 0 Å². The molecule has 0 atom stereocenters. The monoisotopic (exact) mass is 283 g/mol. The van der Waals surface area contributed by atoms with Gasteiger partial charge in [0.15, 0.2) is 0 Å². The number of hydrogen-bond acceptors (Lipinski definition) is 5. The highest BCUT2D eigenvalue weighted by atomic mass is 32.2. The number of methoxy groups -OCH3 is 1. The number of carbonyl (C=O) groups is 2. The topological polar surface area (TPSA) is 55.4 Å². The standard InChI is InChI=1S/C5H11NOS.C5H10O2S.CH4/c1-6-5(7)3-4-8-2;1-7-5(6)3-4-8-2;/h3-4H2,1-2H3,(H,6,7);3-4H2,1-2H3;1H4. The summed E-state index contributed by atoms with van der Waals surface area (Å²) in [4.78, 5) is 20.8. The predicted molar refractivity (Wildman–Crippen MR) is 78.8 cm³/mol. The zero-order chi connectivity index (χ0) is 12.8. The minimum atomic E-state index is -0.126. The number of rotatable bonds is 6. The van der Waals surface area contributed by atoms with E-state index in [9.17, 15) is 9.59 Å². The first-order valence-corrected chi connectivity index (χ1v) is 7.66. The van der Waals surface area contributed by atoms with Gasteiger partial charge in [-0.2, -0.15) is 23.5 Å². The zero-order valence-corrected chi connectivity index (χ0v) is 12.0. The Kier molecular flexibility index (Phi) is 23.2. The minimum Gasteiger partial charge on any atom is -0.469 e. The van der Waals surface area contributed by atoms with Crippen LogP contribution in [0, 0.1) is 0 Å². The Morgan fingerprint density at radius 1 is 1.12 bits per heavy atom. The number of hydrogen-bond donors (Lipinski definition) is 1. The molecule has 0 radical (unpaired) electrons. The molecule has 0 aromatic heterocycles. The Morgan fingerprint density at radius 3 is 1.94 bits per heavy atom. The summed E-state index contributed by atoms with van der Waals surface area (Å²) in [5, 5.41) is 2.55. The third kappa shape index (κ3) is 21.5. The first-order chi connectivity index (χ1) is 7.62. The molecule has 4 nitrogen and oxygen atoms in total. The molecule has 0 spiro atoms. The largest absolute Gasteiger partial charge is 0.469 e. The molecule has 0 fully saturated rings. The average Bonchev–Trinajstić information content (AvgIpc) is 2.33. The average molecular weight is 283 g/mol. The molecule has 0 rings (SSSR count). The summed E-state index contributed by atoms with van der Waals surface area (Å²) < 4.78 is 4.40. The van der Waals surface area contributed by atoms with Crippen molar-refractivity contribution < 1.29 is 14.3 Å². The lowest BCUT2D eigenvalue weighted by Crippen LogP contribution is -2.17. The molecule has 0 aliphatic heterocycles.